The highest BCUT2D eigenvalue weighted by Crippen LogP contribution is 2.44. The van der Waals surface area contributed by atoms with Gasteiger partial charge in [-0.05, 0) is 47.4 Å². The molecule has 1 fully saturated rings. The molecular weight excluding hydrogens is 408 g/mol. The van der Waals surface area contributed by atoms with E-state index in [9.17, 15) is 14.4 Å². The zero-order valence-corrected chi connectivity index (χ0v) is 18.1. The van der Waals surface area contributed by atoms with Gasteiger partial charge < -0.3 is 20.5 Å². The summed E-state index contributed by atoms with van der Waals surface area (Å²) in [6.45, 7) is 2.20. The highest BCUT2D eigenvalue weighted by Gasteiger charge is 2.46. The molecule has 3 N–H and O–H groups in total. The van der Waals surface area contributed by atoms with E-state index in [1.807, 2.05) is 24.3 Å². The van der Waals surface area contributed by atoms with E-state index in [0.29, 0.717) is 12.8 Å². The summed E-state index contributed by atoms with van der Waals surface area (Å²) in [6.07, 6.45) is 1.28. The normalized spacial score (nSPS) is 16.8. The molecule has 2 aliphatic rings. The van der Waals surface area contributed by atoms with Gasteiger partial charge in [-0.3, -0.25) is 9.59 Å². The number of hydrogen-bond acceptors (Lipinski definition) is 4. The lowest BCUT2D eigenvalue weighted by atomic mass is 9.76. The van der Waals surface area contributed by atoms with E-state index in [2.05, 4.69) is 34.9 Å². The highest BCUT2D eigenvalue weighted by molar-refractivity contribution is 5.91. The molecule has 2 aromatic carbocycles. The number of carbonyl (C=O) groups is 3. The van der Waals surface area contributed by atoms with Crippen molar-refractivity contribution in [2.75, 3.05) is 13.2 Å². The summed E-state index contributed by atoms with van der Waals surface area (Å²) in [6, 6.07) is 16.2. The Kier molecular flexibility index (Phi) is 6.17. The van der Waals surface area contributed by atoms with E-state index in [1.54, 1.807) is 6.92 Å². The summed E-state index contributed by atoms with van der Waals surface area (Å²) in [7, 11) is 0. The zero-order chi connectivity index (χ0) is 22.7. The van der Waals surface area contributed by atoms with Crippen LogP contribution in [0, 0.1) is 5.92 Å². The number of alkyl carbamates (subject to hydrolysis) is 1. The van der Waals surface area contributed by atoms with E-state index < -0.39 is 17.6 Å². The number of rotatable bonds is 8. The lowest BCUT2D eigenvalue weighted by Gasteiger charge is -2.40. The Morgan fingerprint density at radius 3 is 2.19 bits per heavy atom. The minimum Gasteiger partial charge on any atom is -0.481 e. The fraction of sp³-hybridized carbons (Fsp3) is 0.400. The molecule has 0 heterocycles. The van der Waals surface area contributed by atoms with Crippen LogP contribution in [0.1, 0.15) is 49.7 Å². The van der Waals surface area contributed by atoms with Crippen molar-refractivity contribution >= 4 is 18.0 Å². The van der Waals surface area contributed by atoms with Gasteiger partial charge in [0.1, 0.15) is 12.1 Å². The molecule has 1 saturated carbocycles. The van der Waals surface area contributed by atoms with Crippen LogP contribution in [0.5, 0.6) is 0 Å². The first kappa shape index (κ1) is 21.9. The van der Waals surface area contributed by atoms with Crippen LogP contribution < -0.4 is 10.6 Å². The Balaban J connectivity index is 1.36. The first-order valence-electron chi connectivity index (χ1n) is 11.0. The summed E-state index contributed by atoms with van der Waals surface area (Å²) in [5, 5.41) is 14.4. The molecule has 0 aliphatic heterocycles. The number of amides is 2. The molecule has 7 nitrogen and oxygen atoms in total. The van der Waals surface area contributed by atoms with Crippen LogP contribution in [-0.4, -0.2) is 41.8 Å². The quantitative estimate of drug-likeness (QED) is 0.586. The van der Waals surface area contributed by atoms with Crippen LogP contribution in [0.15, 0.2) is 48.5 Å². The molecule has 0 spiro atoms. The Morgan fingerprint density at radius 1 is 1.06 bits per heavy atom. The first-order valence-corrected chi connectivity index (χ1v) is 11.0. The molecule has 2 aromatic rings. The molecule has 168 valence electrons. The van der Waals surface area contributed by atoms with Gasteiger partial charge in [0, 0.05) is 18.9 Å². The van der Waals surface area contributed by atoms with Crippen molar-refractivity contribution in [1.82, 2.24) is 10.6 Å². The van der Waals surface area contributed by atoms with Gasteiger partial charge in [-0.1, -0.05) is 55.5 Å². The summed E-state index contributed by atoms with van der Waals surface area (Å²) >= 11 is 0. The Bertz CT molecular complexity index is 985. The minimum absolute atomic E-state index is 0.0207. The van der Waals surface area contributed by atoms with E-state index in [0.717, 1.165) is 28.7 Å². The second-order valence-electron chi connectivity index (χ2n) is 8.80. The molecular formula is C25H28N2O5. The fourth-order valence-corrected chi connectivity index (χ4v) is 4.58. The molecule has 1 unspecified atom stereocenters. The van der Waals surface area contributed by atoms with E-state index in [4.69, 9.17) is 9.84 Å². The van der Waals surface area contributed by atoms with E-state index in [1.165, 1.54) is 0 Å². The van der Waals surface area contributed by atoms with Gasteiger partial charge in [0.05, 0.1) is 0 Å². The average Bonchev–Trinajstić information content (AvgIpc) is 3.06. The summed E-state index contributed by atoms with van der Waals surface area (Å²) in [4.78, 5) is 36.2. The van der Waals surface area contributed by atoms with Crippen LogP contribution in [0.3, 0.4) is 0 Å². The average molecular weight is 437 g/mol. The van der Waals surface area contributed by atoms with E-state index >= 15 is 0 Å². The maximum atomic E-state index is 12.7. The lowest BCUT2D eigenvalue weighted by molar-refractivity contribution is -0.138. The van der Waals surface area contributed by atoms with Crippen LogP contribution >= 0.6 is 0 Å². The summed E-state index contributed by atoms with van der Waals surface area (Å²) in [5.74, 6) is -1.42. The third-order valence-corrected chi connectivity index (χ3v) is 6.46. The number of carbonyl (C=O) groups excluding carboxylic acids is 2. The number of aliphatic carboxylic acids is 1. The van der Waals surface area contributed by atoms with Gasteiger partial charge in [0.2, 0.25) is 5.91 Å². The lowest BCUT2D eigenvalue weighted by Crippen LogP contribution is -2.63. The number of carboxylic acids is 1. The number of nitrogens with one attached hydrogen (secondary N) is 2. The smallest absolute Gasteiger partial charge is 0.408 e. The van der Waals surface area contributed by atoms with Crippen LogP contribution in [0.2, 0.25) is 0 Å². The molecule has 1 atom stereocenters. The van der Waals surface area contributed by atoms with Crippen molar-refractivity contribution in [3.8, 4) is 11.1 Å². The van der Waals surface area contributed by atoms with Gasteiger partial charge in [-0.15, -0.1) is 0 Å². The molecule has 0 aromatic heterocycles. The predicted molar refractivity (Wildman–Crippen MR) is 119 cm³/mol. The SMILES string of the molecule is CC(CNC(=O)C1(NC(=O)OCC2c3ccccc3-c3ccccc32)CCC1)CC(=O)O. The van der Waals surface area contributed by atoms with Crippen molar-refractivity contribution in [3.63, 3.8) is 0 Å². The molecule has 0 saturated heterocycles. The minimum atomic E-state index is -0.981. The largest absolute Gasteiger partial charge is 0.481 e. The molecule has 4 rings (SSSR count). The monoisotopic (exact) mass is 436 g/mol. The number of benzene rings is 2. The van der Waals surface area contributed by atoms with Crippen molar-refractivity contribution in [2.45, 2.75) is 44.1 Å². The third kappa shape index (κ3) is 4.33. The fourth-order valence-electron chi connectivity index (χ4n) is 4.58. The Hall–Kier alpha value is -3.35. The second-order valence-corrected chi connectivity index (χ2v) is 8.80. The van der Waals surface area contributed by atoms with Crippen molar-refractivity contribution in [2.24, 2.45) is 5.92 Å². The highest BCUT2D eigenvalue weighted by atomic mass is 16.5. The Morgan fingerprint density at radius 2 is 1.66 bits per heavy atom. The van der Waals surface area contributed by atoms with Gasteiger partial charge in [-0.25, -0.2) is 4.79 Å². The standard InChI is InChI=1S/C25H28N2O5/c1-16(13-22(28)29)14-26-23(30)25(11-6-12-25)27-24(31)32-15-21-19-9-4-2-7-17(19)18-8-3-5-10-20(18)21/h2-5,7-10,16,21H,6,11-15H2,1H3,(H,26,30)(H,27,31)(H,28,29). The first-order chi connectivity index (χ1) is 15.4. The van der Waals surface area contributed by atoms with E-state index in [-0.39, 0.29) is 37.3 Å². The molecule has 2 amide bonds. The molecule has 0 radical (unpaired) electrons. The van der Waals surface area contributed by atoms with Crippen LogP contribution in [0.25, 0.3) is 11.1 Å². The van der Waals surface area contributed by atoms with Crippen LogP contribution in [0.4, 0.5) is 4.79 Å². The number of fused-ring (bicyclic) bond motifs is 3. The van der Waals surface area contributed by atoms with Crippen molar-refractivity contribution in [3.05, 3.63) is 59.7 Å². The van der Waals surface area contributed by atoms with Gasteiger partial charge in [-0.2, -0.15) is 0 Å². The predicted octanol–water partition coefficient (Wildman–Crippen LogP) is 3.67. The molecule has 7 heteroatoms. The van der Waals surface area contributed by atoms with Crippen molar-refractivity contribution in [1.29, 1.82) is 0 Å². The number of ether oxygens (including phenoxy) is 1. The summed E-state index contributed by atoms with van der Waals surface area (Å²) < 4.78 is 5.59. The van der Waals surface area contributed by atoms with Crippen LogP contribution in [-0.2, 0) is 14.3 Å². The maximum absolute atomic E-state index is 12.7. The molecule has 0 bridgehead atoms. The third-order valence-electron chi connectivity index (χ3n) is 6.46. The van der Waals surface area contributed by atoms with Crippen molar-refractivity contribution < 1.29 is 24.2 Å². The zero-order valence-electron chi connectivity index (χ0n) is 18.1. The van der Waals surface area contributed by atoms with Gasteiger partial charge in [0.15, 0.2) is 0 Å². The Labute approximate surface area is 187 Å². The number of hydrogen-bond donors (Lipinski definition) is 3. The molecule has 2 aliphatic carbocycles. The number of carboxylic acid groups (broad SMARTS) is 1. The topological polar surface area (TPSA) is 105 Å². The van der Waals surface area contributed by atoms with Gasteiger partial charge in [0.25, 0.3) is 0 Å². The maximum Gasteiger partial charge on any atom is 0.408 e. The second kappa shape index (κ2) is 9.02. The summed E-state index contributed by atoms with van der Waals surface area (Å²) in [5.41, 5.74) is 3.59. The molecule has 32 heavy (non-hydrogen) atoms. The van der Waals surface area contributed by atoms with Gasteiger partial charge >= 0.3 is 12.1 Å².